The second kappa shape index (κ2) is 12.9. The molecule has 1 aliphatic rings. The van der Waals surface area contributed by atoms with Crippen molar-refractivity contribution in [2.24, 2.45) is 0 Å². The number of carbonyl (C=O) groups excluding carboxylic acids is 1. The molecule has 1 aliphatic heterocycles. The van der Waals surface area contributed by atoms with Crippen LogP contribution in [0.3, 0.4) is 0 Å². The molecule has 0 radical (unpaired) electrons. The van der Waals surface area contributed by atoms with E-state index < -0.39 is 0 Å². The van der Waals surface area contributed by atoms with Crippen LogP contribution in [0.1, 0.15) is 45.4 Å². The largest absolute Gasteiger partial charge is 0.496 e. The molecule has 3 heterocycles. The van der Waals surface area contributed by atoms with Crippen molar-refractivity contribution in [2.45, 2.75) is 33.7 Å². The number of nitrogens with zero attached hydrogens (tertiary/aromatic N) is 4. The highest BCUT2D eigenvalue weighted by atomic mass is 16.5. The second-order valence-corrected chi connectivity index (χ2v) is 10.0. The van der Waals surface area contributed by atoms with Crippen molar-refractivity contribution in [3.8, 4) is 23.1 Å². The number of aryl methyl sites for hydroxylation is 2. The summed E-state index contributed by atoms with van der Waals surface area (Å²) >= 11 is 0. The number of likely N-dealkylation sites (N-methyl/N-ethyl adjacent to an activating group) is 1. The summed E-state index contributed by atoms with van der Waals surface area (Å²) in [5.74, 6) is 2.93. The first-order valence-electron chi connectivity index (χ1n) is 13.9. The van der Waals surface area contributed by atoms with E-state index >= 15 is 0 Å². The molecule has 0 atom stereocenters. The van der Waals surface area contributed by atoms with Gasteiger partial charge in [-0.3, -0.25) is 9.69 Å². The fourth-order valence-corrected chi connectivity index (χ4v) is 5.05. The summed E-state index contributed by atoms with van der Waals surface area (Å²) in [5.41, 5.74) is 4.60. The minimum atomic E-state index is -0.112. The lowest BCUT2D eigenvalue weighted by molar-refractivity contribution is 0.0736. The van der Waals surface area contributed by atoms with E-state index in [0.29, 0.717) is 62.8 Å². The van der Waals surface area contributed by atoms with Crippen LogP contribution < -0.4 is 14.2 Å². The van der Waals surface area contributed by atoms with E-state index in [2.05, 4.69) is 27.2 Å². The van der Waals surface area contributed by atoms with Crippen LogP contribution in [-0.4, -0.2) is 65.7 Å². The number of pyridine rings is 1. The second-order valence-electron chi connectivity index (χ2n) is 10.0. The lowest BCUT2D eigenvalue weighted by Gasteiger charge is -2.27. The first kappa shape index (κ1) is 28.2. The molecule has 0 fully saturated rings. The van der Waals surface area contributed by atoms with E-state index in [0.717, 1.165) is 33.9 Å². The average molecular weight is 557 g/mol. The van der Waals surface area contributed by atoms with Crippen molar-refractivity contribution in [2.75, 3.05) is 39.9 Å². The van der Waals surface area contributed by atoms with Gasteiger partial charge in [0.15, 0.2) is 11.5 Å². The number of hydrogen-bond acceptors (Lipinski definition) is 8. The standard InChI is InChI=1S/C32H36N4O5/c1-5-36-16-15-35(21-24-12-13-28(38-4)25(19-24)20-27-22(2)34-41-23(27)3)17-18-39-29-10-6-7-11-30(29)40-31-26(32(36)37)9-8-14-33-31/h6-14,19H,5,15-18,20-21H2,1-4H3. The molecule has 2 aromatic carbocycles. The Morgan fingerprint density at radius 3 is 2.59 bits per heavy atom. The minimum Gasteiger partial charge on any atom is -0.496 e. The van der Waals surface area contributed by atoms with E-state index in [4.69, 9.17) is 18.7 Å². The molecule has 4 aromatic rings. The summed E-state index contributed by atoms with van der Waals surface area (Å²) in [6.07, 6.45) is 2.30. The van der Waals surface area contributed by atoms with Gasteiger partial charge >= 0.3 is 0 Å². The molecule has 9 heteroatoms. The third-order valence-electron chi connectivity index (χ3n) is 7.38. The van der Waals surface area contributed by atoms with Crippen LogP contribution in [0.5, 0.6) is 23.1 Å². The van der Waals surface area contributed by atoms with E-state index in [1.807, 2.05) is 56.0 Å². The van der Waals surface area contributed by atoms with Crippen LogP contribution in [0, 0.1) is 13.8 Å². The number of fused-ring (bicyclic) bond motifs is 2. The van der Waals surface area contributed by atoms with Gasteiger partial charge < -0.3 is 23.6 Å². The smallest absolute Gasteiger partial charge is 0.259 e. The maximum absolute atomic E-state index is 13.6. The summed E-state index contributed by atoms with van der Waals surface area (Å²) < 4.78 is 23.4. The Kier molecular flexibility index (Phi) is 8.84. The van der Waals surface area contributed by atoms with E-state index in [9.17, 15) is 4.79 Å². The first-order chi connectivity index (χ1) is 20.0. The Morgan fingerprint density at radius 2 is 1.83 bits per heavy atom. The molecule has 2 aromatic heterocycles. The topological polar surface area (TPSA) is 90.2 Å². The number of benzene rings is 2. The summed E-state index contributed by atoms with van der Waals surface area (Å²) in [5, 5.41) is 4.11. The summed E-state index contributed by atoms with van der Waals surface area (Å²) in [6, 6.07) is 17.3. The maximum Gasteiger partial charge on any atom is 0.259 e. The Labute approximate surface area is 240 Å². The number of ether oxygens (including phenoxy) is 3. The van der Waals surface area contributed by atoms with Gasteiger partial charge in [0.1, 0.15) is 23.7 Å². The molecule has 0 unspecified atom stereocenters. The predicted molar refractivity (Wildman–Crippen MR) is 155 cm³/mol. The lowest BCUT2D eigenvalue weighted by atomic mass is 10.0. The molecule has 0 saturated heterocycles. The molecule has 0 saturated carbocycles. The Balaban J connectivity index is 1.42. The molecule has 0 bridgehead atoms. The quantitative estimate of drug-likeness (QED) is 0.310. The fraction of sp³-hybridized carbons (Fsp3) is 0.344. The zero-order valence-corrected chi connectivity index (χ0v) is 24.1. The zero-order valence-electron chi connectivity index (χ0n) is 24.1. The highest BCUT2D eigenvalue weighted by Gasteiger charge is 2.23. The van der Waals surface area contributed by atoms with Crippen LogP contribution >= 0.6 is 0 Å². The number of hydrogen-bond donors (Lipinski definition) is 0. The fourth-order valence-electron chi connectivity index (χ4n) is 5.05. The maximum atomic E-state index is 13.6. The van der Waals surface area contributed by atoms with Crippen LogP contribution in [0.2, 0.25) is 0 Å². The van der Waals surface area contributed by atoms with Crippen LogP contribution in [0.25, 0.3) is 0 Å². The number of methoxy groups -OCH3 is 1. The van der Waals surface area contributed by atoms with Gasteiger partial charge in [-0.1, -0.05) is 29.4 Å². The third-order valence-corrected chi connectivity index (χ3v) is 7.38. The molecule has 214 valence electrons. The number of carbonyl (C=O) groups is 1. The SMILES string of the molecule is CCN1CCN(Cc2ccc(OC)c(Cc3c(C)noc3C)c2)CCOc2ccccc2Oc2ncccc2C1=O. The van der Waals surface area contributed by atoms with Gasteiger partial charge in [-0.2, -0.15) is 0 Å². The van der Waals surface area contributed by atoms with Gasteiger partial charge in [0.2, 0.25) is 5.88 Å². The van der Waals surface area contributed by atoms with Gasteiger partial charge in [-0.05, 0) is 62.2 Å². The average Bonchev–Trinajstić information content (AvgIpc) is 3.30. The molecule has 0 aliphatic carbocycles. The van der Waals surface area contributed by atoms with Crippen molar-refractivity contribution in [1.82, 2.24) is 19.9 Å². The molecule has 0 spiro atoms. The summed E-state index contributed by atoms with van der Waals surface area (Å²) in [7, 11) is 1.69. The summed E-state index contributed by atoms with van der Waals surface area (Å²) in [4.78, 5) is 22.1. The Morgan fingerprint density at radius 1 is 1.00 bits per heavy atom. The van der Waals surface area contributed by atoms with Crippen molar-refractivity contribution >= 4 is 5.91 Å². The molecule has 9 nitrogen and oxygen atoms in total. The normalized spacial score (nSPS) is 14.5. The van der Waals surface area contributed by atoms with E-state index in [1.165, 1.54) is 0 Å². The molecule has 0 N–H and O–H groups in total. The molecule has 5 rings (SSSR count). The Bertz CT molecular complexity index is 1480. The minimum absolute atomic E-state index is 0.112. The highest BCUT2D eigenvalue weighted by Crippen LogP contribution is 2.33. The lowest BCUT2D eigenvalue weighted by Crippen LogP contribution is -2.39. The zero-order chi connectivity index (χ0) is 28.8. The molecule has 1 amide bonds. The first-order valence-corrected chi connectivity index (χ1v) is 13.9. The number of para-hydroxylation sites is 2. The van der Waals surface area contributed by atoms with Crippen LogP contribution in [-0.2, 0) is 13.0 Å². The van der Waals surface area contributed by atoms with Gasteiger partial charge in [0, 0.05) is 50.9 Å². The van der Waals surface area contributed by atoms with E-state index in [1.54, 1.807) is 25.4 Å². The van der Waals surface area contributed by atoms with Crippen molar-refractivity contribution < 1.29 is 23.5 Å². The van der Waals surface area contributed by atoms with Crippen LogP contribution in [0.15, 0.2) is 65.3 Å². The van der Waals surface area contributed by atoms with Crippen molar-refractivity contribution in [3.63, 3.8) is 0 Å². The van der Waals surface area contributed by atoms with Crippen molar-refractivity contribution in [3.05, 3.63) is 94.5 Å². The van der Waals surface area contributed by atoms with E-state index in [-0.39, 0.29) is 11.8 Å². The third kappa shape index (κ3) is 6.52. The highest BCUT2D eigenvalue weighted by molar-refractivity contribution is 5.96. The summed E-state index contributed by atoms with van der Waals surface area (Å²) in [6.45, 7) is 9.48. The van der Waals surface area contributed by atoms with Gasteiger partial charge in [-0.25, -0.2) is 4.98 Å². The molecule has 41 heavy (non-hydrogen) atoms. The molecular formula is C32H36N4O5. The van der Waals surface area contributed by atoms with Gasteiger partial charge in [-0.15, -0.1) is 0 Å². The number of aromatic nitrogens is 2. The van der Waals surface area contributed by atoms with Crippen molar-refractivity contribution in [1.29, 1.82) is 0 Å². The van der Waals surface area contributed by atoms with Gasteiger partial charge in [0.05, 0.1) is 12.8 Å². The molecular weight excluding hydrogens is 520 g/mol. The number of amides is 1. The monoisotopic (exact) mass is 556 g/mol. The predicted octanol–water partition coefficient (Wildman–Crippen LogP) is 5.43. The number of rotatable bonds is 6. The Hall–Kier alpha value is -4.37. The van der Waals surface area contributed by atoms with Crippen LogP contribution in [0.4, 0.5) is 0 Å². The van der Waals surface area contributed by atoms with Gasteiger partial charge in [0.25, 0.3) is 5.91 Å².